The molecule has 6 aromatic rings. The van der Waals surface area contributed by atoms with Crippen LogP contribution in [0.4, 0.5) is 0 Å². The lowest BCUT2D eigenvalue weighted by atomic mass is 9.86. The second-order valence-electron chi connectivity index (χ2n) is 11.5. The molecule has 4 heterocycles. The highest BCUT2D eigenvalue weighted by atomic mass is 16.1. The van der Waals surface area contributed by atoms with Crippen LogP contribution < -0.4 is 11.5 Å². The first-order valence-corrected chi connectivity index (χ1v) is 14.2. The Morgan fingerprint density at radius 3 is 2.27 bits per heavy atom. The second-order valence-corrected chi connectivity index (χ2v) is 11.5. The summed E-state index contributed by atoms with van der Waals surface area (Å²) in [6, 6.07) is 24.0. The minimum Gasteiger partial charge on any atom is -0.321 e. The van der Waals surface area contributed by atoms with Crippen molar-refractivity contribution in [3.63, 3.8) is 0 Å². The number of rotatable bonds is 6. The predicted octanol–water partition coefficient (Wildman–Crippen LogP) is 5.97. The van der Waals surface area contributed by atoms with Crippen molar-refractivity contribution in [1.82, 2.24) is 29.1 Å². The summed E-state index contributed by atoms with van der Waals surface area (Å²) in [6.45, 7) is 5.72. The topological polar surface area (TPSA) is 119 Å². The minimum absolute atomic E-state index is 0.168. The van der Waals surface area contributed by atoms with Gasteiger partial charge in [0.2, 0.25) is 0 Å². The van der Waals surface area contributed by atoms with Crippen LogP contribution in [0.15, 0.2) is 96.3 Å². The van der Waals surface area contributed by atoms with Gasteiger partial charge in [-0.1, -0.05) is 24.3 Å². The number of aromatic nitrogens is 5. The molecule has 0 fully saturated rings. The number of hydrogen-bond acceptors (Lipinski definition) is 7. The van der Waals surface area contributed by atoms with Crippen molar-refractivity contribution < 1.29 is 0 Å². The number of fused-ring (bicyclic) bond motifs is 3. The lowest BCUT2D eigenvalue weighted by molar-refractivity contribution is 0.486. The second kappa shape index (κ2) is 10.9. The van der Waals surface area contributed by atoms with Gasteiger partial charge in [-0.25, -0.2) is 10.6 Å². The fourth-order valence-electron chi connectivity index (χ4n) is 5.39. The highest BCUT2D eigenvalue weighted by Crippen LogP contribution is 2.31. The Morgan fingerprint density at radius 1 is 0.932 bits per heavy atom. The van der Waals surface area contributed by atoms with E-state index in [1.54, 1.807) is 29.4 Å². The molecule has 2 N–H and O–H groups in total. The molecule has 4 aromatic heterocycles. The zero-order chi connectivity index (χ0) is 31.2. The largest absolute Gasteiger partial charge is 0.333 e. The summed E-state index contributed by atoms with van der Waals surface area (Å²) in [5, 5.41) is 11.9. The van der Waals surface area contributed by atoms with Crippen LogP contribution in [0.25, 0.3) is 55.6 Å². The lowest BCUT2D eigenvalue weighted by Gasteiger charge is -2.16. The van der Waals surface area contributed by atoms with E-state index in [1.807, 2.05) is 100 Å². The molecule has 9 nitrogen and oxygen atoms in total. The number of allylic oxidation sites excluding steroid dienone is 1. The molecule has 0 amide bonds. The Kier molecular flexibility index (Phi) is 7.08. The Morgan fingerprint density at radius 2 is 1.64 bits per heavy atom. The number of nitriles is 1. The number of nitrogens with two attached hydrogens (primary N) is 1. The molecule has 0 aliphatic rings. The van der Waals surface area contributed by atoms with E-state index in [0.717, 1.165) is 66.8 Å². The predicted molar refractivity (Wildman–Crippen MR) is 175 cm³/mol. The van der Waals surface area contributed by atoms with Crippen LogP contribution in [0.2, 0.25) is 0 Å². The van der Waals surface area contributed by atoms with Gasteiger partial charge in [0.05, 0.1) is 51.3 Å². The maximum absolute atomic E-state index is 13.5. The number of imidazole rings is 1. The number of aryl methyl sites for hydroxylation is 1. The lowest BCUT2D eigenvalue weighted by Crippen LogP contribution is -2.21. The van der Waals surface area contributed by atoms with E-state index in [4.69, 9.17) is 10.8 Å². The third-order valence-corrected chi connectivity index (χ3v) is 7.97. The molecule has 0 unspecified atom stereocenters. The number of pyridine rings is 3. The number of hydrogen-bond donors (Lipinski definition) is 1. The van der Waals surface area contributed by atoms with E-state index in [9.17, 15) is 10.1 Å². The van der Waals surface area contributed by atoms with Crippen molar-refractivity contribution in [3.05, 3.63) is 113 Å². The van der Waals surface area contributed by atoms with E-state index < -0.39 is 5.41 Å². The summed E-state index contributed by atoms with van der Waals surface area (Å²) in [7, 11) is 3.53. The van der Waals surface area contributed by atoms with E-state index in [1.165, 1.54) is 5.01 Å². The average molecular weight is 581 g/mol. The average Bonchev–Trinajstić information content (AvgIpc) is 3.30. The molecule has 44 heavy (non-hydrogen) atoms. The van der Waals surface area contributed by atoms with Crippen LogP contribution in [0.5, 0.6) is 0 Å². The summed E-state index contributed by atoms with van der Waals surface area (Å²) in [5.41, 5.74) is 8.54. The zero-order valence-electron chi connectivity index (χ0n) is 25.3. The van der Waals surface area contributed by atoms with Gasteiger partial charge in [0.15, 0.2) is 0 Å². The van der Waals surface area contributed by atoms with E-state index in [0.29, 0.717) is 0 Å². The first kappa shape index (κ1) is 28.5. The van der Waals surface area contributed by atoms with Crippen LogP contribution in [-0.4, -0.2) is 36.1 Å². The van der Waals surface area contributed by atoms with Crippen LogP contribution in [-0.2, 0) is 12.5 Å². The van der Waals surface area contributed by atoms with Crippen molar-refractivity contribution >= 4 is 27.5 Å². The molecule has 0 aliphatic heterocycles. The van der Waals surface area contributed by atoms with Gasteiger partial charge in [-0.05, 0) is 79.9 Å². The SMILES string of the molecule is CC(=CN(C)N)c1ccc(-c2ccc(-c3ccc4ncc5c(c4c3)n(-c3ccc(C(C)(C)C#N)cc3)c(=O)n5C)cn2)cn1. The van der Waals surface area contributed by atoms with Gasteiger partial charge in [0, 0.05) is 49.2 Å². The molecule has 2 aromatic carbocycles. The first-order chi connectivity index (χ1) is 21.1. The third kappa shape index (κ3) is 5.02. The summed E-state index contributed by atoms with van der Waals surface area (Å²) in [5.74, 6) is 5.73. The Hall–Kier alpha value is -5.59. The van der Waals surface area contributed by atoms with E-state index >= 15 is 0 Å². The number of benzene rings is 2. The van der Waals surface area contributed by atoms with Gasteiger partial charge >= 0.3 is 5.69 Å². The summed E-state index contributed by atoms with van der Waals surface area (Å²) in [4.78, 5) is 27.5. The van der Waals surface area contributed by atoms with Gasteiger partial charge in [0.1, 0.15) is 0 Å². The van der Waals surface area contributed by atoms with Crippen LogP contribution in [0.3, 0.4) is 0 Å². The summed E-state index contributed by atoms with van der Waals surface area (Å²) in [6.07, 6.45) is 7.22. The van der Waals surface area contributed by atoms with E-state index in [-0.39, 0.29) is 5.69 Å². The molecule has 6 rings (SSSR count). The molecule has 0 atom stereocenters. The molecule has 9 heteroatoms. The Labute approximate surface area is 255 Å². The quantitative estimate of drug-likeness (QED) is 0.190. The maximum Gasteiger partial charge on any atom is 0.333 e. The fraction of sp³-hybridized carbons (Fsp3) is 0.171. The van der Waals surface area contributed by atoms with Crippen molar-refractivity contribution in [2.45, 2.75) is 26.2 Å². The van der Waals surface area contributed by atoms with Crippen LogP contribution >= 0.6 is 0 Å². The van der Waals surface area contributed by atoms with Gasteiger partial charge in [0.25, 0.3) is 0 Å². The summed E-state index contributed by atoms with van der Waals surface area (Å²) < 4.78 is 3.33. The van der Waals surface area contributed by atoms with Gasteiger partial charge in [-0.3, -0.25) is 24.1 Å². The highest BCUT2D eigenvalue weighted by Gasteiger charge is 2.21. The van der Waals surface area contributed by atoms with Gasteiger partial charge in [-0.15, -0.1) is 0 Å². The molecular formula is C35H32N8O. The van der Waals surface area contributed by atoms with Crippen LogP contribution in [0.1, 0.15) is 32.0 Å². The molecule has 0 bridgehead atoms. The number of hydrazine groups is 1. The standard InChI is InChI=1S/C35H32N8O/c1-22(20-41(4)37)29-13-8-25(18-38-29)30-14-7-24(17-39-30)23-6-15-31-28(16-23)33-32(19-40-31)42(5)34(44)43(33)27-11-9-26(10-12-27)35(2,3)21-36/h6-20H,37H2,1-5H3. The summed E-state index contributed by atoms with van der Waals surface area (Å²) >= 11 is 0. The molecule has 0 radical (unpaired) electrons. The van der Waals surface area contributed by atoms with Crippen molar-refractivity contribution in [3.8, 4) is 34.1 Å². The van der Waals surface area contributed by atoms with Crippen molar-refractivity contribution in [1.29, 1.82) is 5.26 Å². The molecule has 0 saturated carbocycles. The monoisotopic (exact) mass is 580 g/mol. The Bertz CT molecular complexity index is 2150. The minimum atomic E-state index is -0.630. The smallest absolute Gasteiger partial charge is 0.321 e. The van der Waals surface area contributed by atoms with Gasteiger partial charge < -0.3 is 5.01 Å². The normalized spacial score (nSPS) is 12.1. The van der Waals surface area contributed by atoms with Crippen molar-refractivity contribution in [2.75, 3.05) is 7.05 Å². The molecular weight excluding hydrogens is 548 g/mol. The fourth-order valence-corrected chi connectivity index (χ4v) is 5.39. The molecule has 0 aliphatic carbocycles. The first-order valence-electron chi connectivity index (χ1n) is 14.2. The molecule has 0 saturated heterocycles. The Balaban J connectivity index is 1.40. The molecule has 218 valence electrons. The van der Waals surface area contributed by atoms with Gasteiger partial charge in [-0.2, -0.15) is 5.26 Å². The zero-order valence-corrected chi connectivity index (χ0v) is 25.3. The highest BCUT2D eigenvalue weighted by molar-refractivity contribution is 6.04. The van der Waals surface area contributed by atoms with Crippen molar-refractivity contribution in [2.24, 2.45) is 12.9 Å². The third-order valence-electron chi connectivity index (χ3n) is 7.97. The number of nitrogens with zero attached hydrogens (tertiary/aromatic N) is 7. The van der Waals surface area contributed by atoms with Crippen LogP contribution in [0, 0.1) is 11.3 Å². The molecule has 0 spiro atoms. The van der Waals surface area contributed by atoms with E-state index in [2.05, 4.69) is 22.1 Å². The maximum atomic E-state index is 13.5.